The van der Waals surface area contributed by atoms with E-state index in [1.165, 1.54) is 11.3 Å². The third-order valence-corrected chi connectivity index (χ3v) is 5.27. The van der Waals surface area contributed by atoms with Crippen LogP contribution in [-0.4, -0.2) is 23.5 Å². The van der Waals surface area contributed by atoms with Crippen LogP contribution in [0.3, 0.4) is 0 Å². The van der Waals surface area contributed by atoms with Crippen molar-refractivity contribution >= 4 is 28.9 Å². The summed E-state index contributed by atoms with van der Waals surface area (Å²) >= 11 is 1.36. The second kappa shape index (κ2) is 10.0. The van der Waals surface area contributed by atoms with Crippen LogP contribution >= 0.6 is 11.3 Å². The van der Waals surface area contributed by atoms with Crippen LogP contribution in [-0.2, 0) is 27.4 Å². The monoisotopic (exact) mass is 424 g/mol. The highest BCUT2D eigenvalue weighted by atomic mass is 32.1. The van der Waals surface area contributed by atoms with Crippen molar-refractivity contribution in [1.82, 2.24) is 4.98 Å². The number of esters is 1. The molecule has 0 aliphatic carbocycles. The molecule has 0 spiro atoms. The molecule has 0 aliphatic heterocycles. The van der Waals surface area contributed by atoms with Crippen molar-refractivity contribution < 1.29 is 19.1 Å². The molecule has 0 unspecified atom stereocenters. The molecule has 3 rings (SSSR count). The van der Waals surface area contributed by atoms with Crippen LogP contribution in [0.5, 0.6) is 5.75 Å². The Morgan fingerprint density at radius 3 is 2.43 bits per heavy atom. The van der Waals surface area contributed by atoms with Gasteiger partial charge < -0.3 is 14.8 Å². The lowest BCUT2D eigenvalue weighted by molar-refractivity contribution is -0.147. The maximum Gasteiger partial charge on any atom is 0.344 e. The molecule has 0 saturated heterocycles. The number of ether oxygens (including phenoxy) is 2. The molecule has 0 fully saturated rings. The Morgan fingerprint density at radius 2 is 1.73 bits per heavy atom. The zero-order valence-corrected chi connectivity index (χ0v) is 18.0. The summed E-state index contributed by atoms with van der Waals surface area (Å²) in [5.74, 6) is 0.0908. The molecule has 1 aromatic heterocycles. The van der Waals surface area contributed by atoms with Gasteiger partial charge in [0.25, 0.3) is 0 Å². The third-order valence-electron chi connectivity index (χ3n) is 4.37. The minimum Gasteiger partial charge on any atom is -0.481 e. The molecule has 0 aliphatic rings. The molecule has 2 aromatic carbocycles. The first-order chi connectivity index (χ1) is 14.4. The minimum atomic E-state index is -0.468. The van der Waals surface area contributed by atoms with Crippen molar-refractivity contribution in [3.63, 3.8) is 0 Å². The van der Waals surface area contributed by atoms with E-state index < -0.39 is 5.97 Å². The Kier molecular flexibility index (Phi) is 7.19. The lowest BCUT2D eigenvalue weighted by Crippen LogP contribution is -2.16. The van der Waals surface area contributed by atoms with E-state index in [1.807, 2.05) is 63.2 Å². The first-order valence-electron chi connectivity index (χ1n) is 9.55. The van der Waals surface area contributed by atoms with Crippen LogP contribution in [0, 0.1) is 20.8 Å². The number of hydrogen-bond acceptors (Lipinski definition) is 6. The molecule has 1 N–H and O–H groups in total. The molecule has 0 saturated carbocycles. The SMILES string of the molecule is Cc1ccc(NC(=O)Cc2nc(COC(=O)COc3c(C)cccc3C)cs2)cc1. The predicted octanol–water partition coefficient (Wildman–Crippen LogP) is 4.37. The van der Waals surface area contributed by atoms with E-state index in [-0.39, 0.29) is 25.5 Å². The van der Waals surface area contributed by atoms with E-state index in [9.17, 15) is 9.59 Å². The van der Waals surface area contributed by atoms with Gasteiger partial charge in [0, 0.05) is 11.1 Å². The number of aryl methyl sites for hydroxylation is 3. The fourth-order valence-corrected chi connectivity index (χ4v) is 3.61. The molecule has 0 bridgehead atoms. The van der Waals surface area contributed by atoms with E-state index in [4.69, 9.17) is 9.47 Å². The number of aromatic nitrogens is 1. The van der Waals surface area contributed by atoms with E-state index in [0.717, 1.165) is 22.4 Å². The fourth-order valence-electron chi connectivity index (χ4n) is 2.83. The van der Waals surface area contributed by atoms with Crippen molar-refractivity contribution in [2.24, 2.45) is 0 Å². The molecular formula is C23H24N2O4S. The van der Waals surface area contributed by atoms with Crippen LogP contribution in [0.2, 0.25) is 0 Å². The number of hydrogen-bond donors (Lipinski definition) is 1. The summed E-state index contributed by atoms with van der Waals surface area (Å²) in [5, 5.41) is 5.29. The van der Waals surface area contributed by atoms with Crippen molar-refractivity contribution in [3.8, 4) is 5.75 Å². The van der Waals surface area contributed by atoms with Crippen LogP contribution in [0.25, 0.3) is 0 Å². The van der Waals surface area contributed by atoms with Gasteiger partial charge >= 0.3 is 5.97 Å². The highest BCUT2D eigenvalue weighted by Gasteiger charge is 2.12. The Morgan fingerprint density at radius 1 is 1.03 bits per heavy atom. The number of nitrogens with zero attached hydrogens (tertiary/aromatic N) is 1. The molecule has 30 heavy (non-hydrogen) atoms. The third kappa shape index (κ3) is 6.15. The Bertz CT molecular complexity index is 1010. The number of benzene rings is 2. The molecule has 156 valence electrons. The lowest BCUT2D eigenvalue weighted by Gasteiger charge is -2.11. The molecule has 1 amide bonds. The molecule has 1 heterocycles. The minimum absolute atomic E-state index is 0.0467. The van der Waals surface area contributed by atoms with Gasteiger partial charge in [-0.2, -0.15) is 0 Å². The van der Waals surface area contributed by atoms with Gasteiger partial charge in [0.15, 0.2) is 6.61 Å². The van der Waals surface area contributed by atoms with Gasteiger partial charge in [-0.1, -0.05) is 35.9 Å². The summed E-state index contributed by atoms with van der Waals surface area (Å²) in [5.41, 5.74) is 4.43. The smallest absolute Gasteiger partial charge is 0.344 e. The molecule has 3 aromatic rings. The number of carbonyl (C=O) groups excluding carboxylic acids is 2. The number of anilines is 1. The quantitative estimate of drug-likeness (QED) is 0.543. The molecule has 0 radical (unpaired) electrons. The van der Waals surface area contributed by atoms with Crippen molar-refractivity contribution in [1.29, 1.82) is 0 Å². The molecular weight excluding hydrogens is 400 g/mol. The van der Waals surface area contributed by atoms with E-state index in [2.05, 4.69) is 10.3 Å². The number of carbonyl (C=O) groups is 2. The average molecular weight is 425 g/mol. The number of nitrogens with one attached hydrogen (secondary N) is 1. The molecule has 7 heteroatoms. The maximum atomic E-state index is 12.2. The van der Waals surface area contributed by atoms with Gasteiger partial charge in [-0.15, -0.1) is 11.3 Å². The van der Waals surface area contributed by atoms with Gasteiger partial charge in [-0.3, -0.25) is 4.79 Å². The normalized spacial score (nSPS) is 10.5. The standard InChI is InChI=1S/C23H24N2O4S/c1-15-7-9-18(10-8-15)24-20(26)11-21-25-19(14-30-21)12-28-22(27)13-29-23-16(2)5-4-6-17(23)3/h4-10,14H,11-13H2,1-3H3,(H,24,26). The summed E-state index contributed by atoms with van der Waals surface area (Å²) < 4.78 is 10.8. The van der Waals surface area contributed by atoms with Gasteiger partial charge in [-0.05, 0) is 44.0 Å². The van der Waals surface area contributed by atoms with Crippen molar-refractivity contribution in [2.75, 3.05) is 11.9 Å². The van der Waals surface area contributed by atoms with Crippen LogP contribution in [0.4, 0.5) is 5.69 Å². The summed E-state index contributed by atoms with van der Waals surface area (Å²) in [6.45, 7) is 5.73. The maximum absolute atomic E-state index is 12.2. The highest BCUT2D eigenvalue weighted by molar-refractivity contribution is 7.09. The van der Waals surface area contributed by atoms with Crippen molar-refractivity contribution in [2.45, 2.75) is 33.8 Å². The Labute approximate surface area is 179 Å². The lowest BCUT2D eigenvalue weighted by atomic mass is 10.1. The topological polar surface area (TPSA) is 77.5 Å². The van der Waals surface area contributed by atoms with Gasteiger partial charge in [-0.25, -0.2) is 9.78 Å². The van der Waals surface area contributed by atoms with Crippen LogP contribution < -0.4 is 10.1 Å². The van der Waals surface area contributed by atoms with Gasteiger partial charge in [0.1, 0.15) is 17.4 Å². The summed E-state index contributed by atoms with van der Waals surface area (Å²) in [4.78, 5) is 28.5. The van der Waals surface area contributed by atoms with Gasteiger partial charge in [0.05, 0.1) is 12.1 Å². The molecule has 6 nitrogen and oxygen atoms in total. The Balaban J connectivity index is 1.44. The Hall–Kier alpha value is -3.19. The van der Waals surface area contributed by atoms with E-state index >= 15 is 0 Å². The van der Waals surface area contributed by atoms with Crippen LogP contribution in [0.15, 0.2) is 47.8 Å². The van der Waals surface area contributed by atoms with E-state index in [0.29, 0.717) is 16.5 Å². The first-order valence-corrected chi connectivity index (χ1v) is 10.4. The average Bonchev–Trinajstić information content (AvgIpc) is 3.15. The van der Waals surface area contributed by atoms with E-state index in [1.54, 1.807) is 5.38 Å². The second-order valence-electron chi connectivity index (χ2n) is 6.99. The zero-order valence-electron chi connectivity index (χ0n) is 17.2. The van der Waals surface area contributed by atoms with Gasteiger partial charge in [0.2, 0.25) is 5.91 Å². The number of amides is 1. The first kappa shape index (κ1) is 21.5. The predicted molar refractivity (Wildman–Crippen MR) is 117 cm³/mol. The molecule has 0 atom stereocenters. The van der Waals surface area contributed by atoms with Crippen molar-refractivity contribution in [3.05, 3.63) is 75.2 Å². The number of rotatable bonds is 8. The summed E-state index contributed by atoms with van der Waals surface area (Å²) in [6.07, 6.45) is 0.169. The fraction of sp³-hybridized carbons (Fsp3) is 0.261. The summed E-state index contributed by atoms with van der Waals surface area (Å²) in [6, 6.07) is 13.4. The van der Waals surface area contributed by atoms with Crippen LogP contribution in [0.1, 0.15) is 27.4 Å². The number of para-hydroxylation sites is 1. The zero-order chi connectivity index (χ0) is 21.5. The highest BCUT2D eigenvalue weighted by Crippen LogP contribution is 2.22. The second-order valence-corrected chi connectivity index (χ2v) is 7.94. The number of thiazole rings is 1. The largest absolute Gasteiger partial charge is 0.481 e. The summed E-state index contributed by atoms with van der Waals surface area (Å²) in [7, 11) is 0.